The second kappa shape index (κ2) is 3.51. The lowest BCUT2D eigenvalue weighted by atomic mass is 10.2. The summed E-state index contributed by atoms with van der Waals surface area (Å²) in [4.78, 5) is 22.5. The summed E-state index contributed by atoms with van der Waals surface area (Å²) in [5, 5.41) is 8.79. The molecule has 15 heavy (non-hydrogen) atoms. The Morgan fingerprint density at radius 3 is 2.67 bits per heavy atom. The van der Waals surface area contributed by atoms with Gasteiger partial charge in [0.2, 0.25) is 0 Å². The number of rotatable bonds is 1. The third kappa shape index (κ3) is 1.55. The molecule has 2 heterocycles. The number of fused-ring (bicyclic) bond motifs is 1. The fourth-order valence-corrected chi connectivity index (χ4v) is 1.88. The molecule has 1 N–H and O–H groups in total. The Labute approximate surface area is 92.9 Å². The fraction of sp³-hybridized carbons (Fsp3) is 0. The molecule has 0 aromatic carbocycles. The molecule has 0 aliphatic carbocycles. The molecular formula is C10H6BrNO3. The molecule has 2 aromatic rings. The third-order valence-corrected chi connectivity index (χ3v) is 2.68. The molecule has 5 heteroatoms. The van der Waals surface area contributed by atoms with Crippen molar-refractivity contribution in [3.63, 3.8) is 0 Å². The van der Waals surface area contributed by atoms with Gasteiger partial charge in [-0.05, 0) is 40.2 Å². The molecule has 0 fully saturated rings. The van der Waals surface area contributed by atoms with Crippen molar-refractivity contribution in [2.45, 2.75) is 0 Å². The summed E-state index contributed by atoms with van der Waals surface area (Å²) in [5.74, 6) is -1.22. The van der Waals surface area contributed by atoms with E-state index in [1.165, 1.54) is 10.5 Å². The van der Waals surface area contributed by atoms with Gasteiger partial charge >= 0.3 is 5.97 Å². The third-order valence-electron chi connectivity index (χ3n) is 2.06. The Balaban J connectivity index is 2.96. The molecule has 0 bridgehead atoms. The van der Waals surface area contributed by atoms with Crippen molar-refractivity contribution in [2.24, 2.45) is 0 Å². The van der Waals surface area contributed by atoms with E-state index in [1.54, 1.807) is 24.3 Å². The molecule has 4 nitrogen and oxygen atoms in total. The molecule has 0 aliphatic heterocycles. The highest BCUT2D eigenvalue weighted by atomic mass is 79.9. The van der Waals surface area contributed by atoms with Crippen LogP contribution in [0.5, 0.6) is 0 Å². The molecule has 2 rings (SSSR count). The first-order valence-corrected chi connectivity index (χ1v) is 4.94. The van der Waals surface area contributed by atoms with Crippen LogP contribution >= 0.6 is 15.9 Å². The van der Waals surface area contributed by atoms with E-state index in [0.717, 1.165) is 0 Å². The summed E-state index contributed by atoms with van der Waals surface area (Å²) in [7, 11) is 0. The Morgan fingerprint density at radius 2 is 2.00 bits per heavy atom. The minimum Gasteiger partial charge on any atom is -0.477 e. The zero-order valence-corrected chi connectivity index (χ0v) is 9.06. The maximum atomic E-state index is 11.7. The first-order chi connectivity index (χ1) is 7.11. The highest BCUT2D eigenvalue weighted by molar-refractivity contribution is 9.10. The van der Waals surface area contributed by atoms with Gasteiger partial charge in [0.1, 0.15) is 5.56 Å². The SMILES string of the molecule is O=C(O)c1ccc2cccc(Br)n2c1=O. The Bertz CT molecular complexity index is 603. The number of carboxylic acid groups (broad SMARTS) is 1. The van der Waals surface area contributed by atoms with Crippen LogP contribution in [0, 0.1) is 0 Å². The molecule has 76 valence electrons. The van der Waals surface area contributed by atoms with Gasteiger partial charge in [-0.15, -0.1) is 0 Å². The standard InChI is InChI=1S/C10H6BrNO3/c11-8-3-1-2-6-4-5-7(10(14)15)9(13)12(6)8/h1-5H,(H,14,15). The summed E-state index contributed by atoms with van der Waals surface area (Å²) in [6.45, 7) is 0. The molecule has 0 aliphatic rings. The second-order valence-electron chi connectivity index (χ2n) is 2.97. The largest absolute Gasteiger partial charge is 0.477 e. The summed E-state index contributed by atoms with van der Waals surface area (Å²) in [5.41, 5.74) is -0.119. The van der Waals surface area contributed by atoms with Crippen molar-refractivity contribution in [1.29, 1.82) is 0 Å². The topological polar surface area (TPSA) is 58.8 Å². The second-order valence-corrected chi connectivity index (χ2v) is 3.78. The van der Waals surface area contributed by atoms with E-state index in [2.05, 4.69) is 15.9 Å². The molecule has 0 saturated heterocycles. The van der Waals surface area contributed by atoms with Crippen LogP contribution in [0.25, 0.3) is 5.52 Å². The Hall–Kier alpha value is -1.62. The van der Waals surface area contributed by atoms with Gasteiger partial charge in [0.25, 0.3) is 5.56 Å². The highest BCUT2D eigenvalue weighted by Crippen LogP contribution is 2.11. The molecule has 0 saturated carbocycles. The van der Waals surface area contributed by atoms with E-state index in [1.807, 2.05) is 0 Å². The summed E-state index contributed by atoms with van der Waals surface area (Å²) in [6.07, 6.45) is 0. The summed E-state index contributed by atoms with van der Waals surface area (Å²) >= 11 is 3.20. The Kier molecular flexibility index (Phi) is 2.32. The lowest BCUT2D eigenvalue weighted by molar-refractivity contribution is 0.0695. The van der Waals surface area contributed by atoms with Gasteiger partial charge in [-0.3, -0.25) is 9.20 Å². The molecule has 2 aromatic heterocycles. The normalized spacial score (nSPS) is 10.5. The fourth-order valence-electron chi connectivity index (χ4n) is 1.37. The number of pyridine rings is 2. The van der Waals surface area contributed by atoms with Crippen LogP contribution in [-0.2, 0) is 0 Å². The number of carboxylic acids is 1. The Morgan fingerprint density at radius 1 is 1.27 bits per heavy atom. The van der Waals surface area contributed by atoms with Crippen LogP contribution in [0.1, 0.15) is 10.4 Å². The molecule has 0 spiro atoms. The van der Waals surface area contributed by atoms with Crippen LogP contribution in [0.4, 0.5) is 0 Å². The highest BCUT2D eigenvalue weighted by Gasteiger charge is 2.11. The van der Waals surface area contributed by atoms with Gasteiger partial charge in [0.15, 0.2) is 0 Å². The molecule has 0 radical (unpaired) electrons. The van der Waals surface area contributed by atoms with Crippen molar-refractivity contribution >= 4 is 27.4 Å². The minimum atomic E-state index is -1.22. The number of carbonyl (C=O) groups is 1. The smallest absolute Gasteiger partial charge is 0.341 e. The first-order valence-electron chi connectivity index (χ1n) is 4.15. The van der Waals surface area contributed by atoms with Crippen molar-refractivity contribution < 1.29 is 9.90 Å². The lowest BCUT2D eigenvalue weighted by Gasteiger charge is -2.03. The zero-order chi connectivity index (χ0) is 11.0. The predicted molar refractivity (Wildman–Crippen MR) is 58.3 cm³/mol. The van der Waals surface area contributed by atoms with Crippen LogP contribution in [0.15, 0.2) is 39.7 Å². The maximum Gasteiger partial charge on any atom is 0.341 e. The van der Waals surface area contributed by atoms with Gasteiger partial charge in [-0.1, -0.05) is 6.07 Å². The number of aromatic nitrogens is 1. The first kappa shape index (κ1) is 9.92. The maximum absolute atomic E-state index is 11.7. The summed E-state index contributed by atoms with van der Waals surface area (Å²) < 4.78 is 1.84. The predicted octanol–water partition coefficient (Wildman–Crippen LogP) is 1.76. The molecular weight excluding hydrogens is 262 g/mol. The van der Waals surface area contributed by atoms with E-state index in [4.69, 9.17) is 5.11 Å². The van der Waals surface area contributed by atoms with Gasteiger partial charge in [0, 0.05) is 5.52 Å². The summed E-state index contributed by atoms with van der Waals surface area (Å²) in [6, 6.07) is 8.10. The van der Waals surface area contributed by atoms with Crippen LogP contribution < -0.4 is 5.56 Å². The number of nitrogens with zero attached hydrogens (tertiary/aromatic N) is 1. The number of aromatic carboxylic acids is 1. The van der Waals surface area contributed by atoms with Crippen LogP contribution in [-0.4, -0.2) is 15.5 Å². The van der Waals surface area contributed by atoms with Gasteiger partial charge in [-0.25, -0.2) is 4.79 Å². The van der Waals surface area contributed by atoms with E-state index >= 15 is 0 Å². The quantitative estimate of drug-likeness (QED) is 0.802. The van der Waals surface area contributed by atoms with Gasteiger partial charge in [-0.2, -0.15) is 0 Å². The molecule has 0 unspecified atom stereocenters. The average molecular weight is 268 g/mol. The van der Waals surface area contributed by atoms with Crippen molar-refractivity contribution in [3.8, 4) is 0 Å². The zero-order valence-electron chi connectivity index (χ0n) is 7.48. The van der Waals surface area contributed by atoms with E-state index in [9.17, 15) is 9.59 Å². The van der Waals surface area contributed by atoms with Crippen LogP contribution in [0.3, 0.4) is 0 Å². The van der Waals surface area contributed by atoms with Crippen molar-refractivity contribution in [3.05, 3.63) is 50.9 Å². The lowest BCUT2D eigenvalue weighted by Crippen LogP contribution is -2.22. The van der Waals surface area contributed by atoms with Crippen LogP contribution in [0.2, 0.25) is 0 Å². The van der Waals surface area contributed by atoms with E-state index in [-0.39, 0.29) is 5.56 Å². The van der Waals surface area contributed by atoms with Crippen molar-refractivity contribution in [1.82, 2.24) is 4.40 Å². The van der Waals surface area contributed by atoms with E-state index < -0.39 is 11.5 Å². The number of halogens is 1. The number of hydrogen-bond donors (Lipinski definition) is 1. The molecule has 0 atom stereocenters. The average Bonchev–Trinajstić information content (AvgIpc) is 2.17. The molecule has 0 amide bonds. The van der Waals surface area contributed by atoms with Gasteiger partial charge < -0.3 is 5.11 Å². The van der Waals surface area contributed by atoms with Crippen molar-refractivity contribution in [2.75, 3.05) is 0 Å². The monoisotopic (exact) mass is 267 g/mol. The van der Waals surface area contributed by atoms with E-state index in [0.29, 0.717) is 10.1 Å². The van der Waals surface area contributed by atoms with Gasteiger partial charge in [0.05, 0.1) is 4.60 Å². The minimum absolute atomic E-state index is 0.237. The number of hydrogen-bond acceptors (Lipinski definition) is 2.